The molecule has 2 fully saturated rings. The first-order valence-electron chi connectivity index (χ1n) is 13.0. The van der Waals surface area contributed by atoms with Gasteiger partial charge in [0, 0.05) is 49.3 Å². The molecule has 1 atom stereocenters. The predicted octanol–water partition coefficient (Wildman–Crippen LogP) is 3.60. The number of carbonyl (C=O) groups is 2. The van der Waals surface area contributed by atoms with E-state index in [1.54, 1.807) is 4.90 Å². The number of benzene rings is 2. The van der Waals surface area contributed by atoms with Gasteiger partial charge >= 0.3 is 0 Å². The zero-order valence-electron chi connectivity index (χ0n) is 21.5. The van der Waals surface area contributed by atoms with Crippen LogP contribution in [0.1, 0.15) is 43.0 Å². The second kappa shape index (κ2) is 10.5. The fraction of sp³-hybridized carbons (Fsp3) is 0.500. The largest absolute Gasteiger partial charge is 0.381 e. The molecule has 3 heterocycles. The van der Waals surface area contributed by atoms with E-state index >= 15 is 0 Å². The molecule has 0 spiro atoms. The third kappa shape index (κ3) is 5.06. The van der Waals surface area contributed by atoms with Crippen molar-refractivity contribution in [1.82, 2.24) is 10.2 Å². The molecule has 8 heteroatoms. The molecule has 0 unspecified atom stereocenters. The van der Waals surface area contributed by atoms with Crippen molar-refractivity contribution in [3.05, 3.63) is 48.0 Å². The van der Waals surface area contributed by atoms with E-state index in [0.29, 0.717) is 5.56 Å². The minimum atomic E-state index is -0.229. The van der Waals surface area contributed by atoms with Crippen LogP contribution < -0.4 is 20.4 Å². The van der Waals surface area contributed by atoms with Crippen LogP contribution in [0.2, 0.25) is 0 Å². The fourth-order valence-corrected chi connectivity index (χ4v) is 5.62. The number of nitrogens with zero attached hydrogens (tertiary/aromatic N) is 3. The number of ether oxygens (including phenoxy) is 1. The van der Waals surface area contributed by atoms with Gasteiger partial charge in [-0.1, -0.05) is 6.07 Å². The molecule has 0 radical (unpaired) electrons. The van der Waals surface area contributed by atoms with Crippen molar-refractivity contribution in [2.45, 2.75) is 50.7 Å². The predicted molar refractivity (Wildman–Crippen MR) is 143 cm³/mol. The molecule has 2 aromatic carbocycles. The average Bonchev–Trinajstić information content (AvgIpc) is 2.89. The topological polar surface area (TPSA) is 77.2 Å². The molecule has 2 saturated heterocycles. The number of likely N-dealkylation sites (N-methyl/N-ethyl adjacent to an activating group) is 1. The number of likely N-dealkylation sites (tertiary alicyclic amines) is 1. The van der Waals surface area contributed by atoms with E-state index in [-0.39, 0.29) is 29.9 Å². The smallest absolute Gasteiger partial charge is 0.251 e. The van der Waals surface area contributed by atoms with Crippen LogP contribution in [0.5, 0.6) is 0 Å². The Morgan fingerprint density at radius 3 is 2.42 bits per heavy atom. The van der Waals surface area contributed by atoms with E-state index in [9.17, 15) is 9.59 Å². The summed E-state index contributed by atoms with van der Waals surface area (Å²) < 4.78 is 5.58. The highest BCUT2D eigenvalue weighted by Gasteiger charge is 2.38. The van der Waals surface area contributed by atoms with Gasteiger partial charge in [0.15, 0.2) is 0 Å². The van der Waals surface area contributed by atoms with Crippen LogP contribution in [0.15, 0.2) is 42.5 Å². The van der Waals surface area contributed by atoms with Gasteiger partial charge in [0.25, 0.3) is 5.91 Å². The Bertz CT molecular complexity index is 1110. The van der Waals surface area contributed by atoms with Crippen molar-refractivity contribution in [1.29, 1.82) is 0 Å². The minimum Gasteiger partial charge on any atom is -0.381 e. The summed E-state index contributed by atoms with van der Waals surface area (Å²) in [6.07, 6.45) is 3.78. The molecule has 5 rings (SSSR count). The zero-order valence-corrected chi connectivity index (χ0v) is 21.5. The summed E-state index contributed by atoms with van der Waals surface area (Å²) in [6, 6.07) is 14.0. The molecule has 2 amide bonds. The quantitative estimate of drug-likeness (QED) is 0.666. The van der Waals surface area contributed by atoms with Crippen LogP contribution >= 0.6 is 0 Å². The fourth-order valence-electron chi connectivity index (χ4n) is 5.62. The molecule has 0 aliphatic carbocycles. The molecule has 0 bridgehead atoms. The van der Waals surface area contributed by atoms with E-state index < -0.39 is 0 Å². The molecular weight excluding hydrogens is 454 g/mol. The standard InChI is InChI=1S/C28H37N5O3/c1-19-28(35)32(3)25-8-7-23(18-26(25)33(19)24-11-15-36-16-12-24)29-22-6-4-5-20(17-22)27(34)30-21-9-13-31(2)14-10-21/h4-8,17-19,21,24,29H,9-16H2,1-3H3,(H,30,34)/t19-/m1/s1. The summed E-state index contributed by atoms with van der Waals surface area (Å²) in [5, 5.41) is 6.68. The number of carbonyl (C=O) groups excluding carboxylic acids is 2. The van der Waals surface area contributed by atoms with E-state index in [1.165, 1.54) is 0 Å². The van der Waals surface area contributed by atoms with Crippen molar-refractivity contribution in [2.75, 3.05) is 55.5 Å². The molecule has 36 heavy (non-hydrogen) atoms. The monoisotopic (exact) mass is 491 g/mol. The SMILES string of the molecule is C[C@@H]1C(=O)N(C)c2ccc(Nc3cccc(C(=O)NC4CCN(C)CC4)c3)cc2N1C1CCOCC1. The summed E-state index contributed by atoms with van der Waals surface area (Å²) in [6.45, 7) is 5.45. The number of hydrogen-bond acceptors (Lipinski definition) is 6. The van der Waals surface area contributed by atoms with E-state index in [2.05, 4.69) is 33.5 Å². The molecule has 2 N–H and O–H groups in total. The van der Waals surface area contributed by atoms with Crippen molar-refractivity contribution in [2.24, 2.45) is 0 Å². The maximum absolute atomic E-state index is 13.0. The number of fused-ring (bicyclic) bond motifs is 1. The van der Waals surface area contributed by atoms with Crippen LogP contribution in [0, 0.1) is 0 Å². The second-order valence-electron chi connectivity index (χ2n) is 10.3. The first-order valence-corrected chi connectivity index (χ1v) is 13.0. The van der Waals surface area contributed by atoms with Gasteiger partial charge < -0.3 is 30.1 Å². The van der Waals surface area contributed by atoms with Gasteiger partial charge in [-0.3, -0.25) is 9.59 Å². The van der Waals surface area contributed by atoms with Gasteiger partial charge in [-0.2, -0.15) is 0 Å². The second-order valence-corrected chi connectivity index (χ2v) is 10.3. The molecule has 3 aliphatic rings. The Hall–Kier alpha value is -3.10. The Kier molecular flexibility index (Phi) is 7.16. The highest BCUT2D eigenvalue weighted by molar-refractivity contribution is 6.05. The molecule has 192 valence electrons. The van der Waals surface area contributed by atoms with Gasteiger partial charge in [-0.05, 0) is 89.1 Å². The lowest BCUT2D eigenvalue weighted by atomic mass is 9.99. The van der Waals surface area contributed by atoms with Gasteiger partial charge in [0.2, 0.25) is 5.91 Å². The van der Waals surface area contributed by atoms with Crippen LogP contribution in [0.3, 0.4) is 0 Å². The highest BCUT2D eigenvalue weighted by Crippen LogP contribution is 2.40. The minimum absolute atomic E-state index is 0.0294. The van der Waals surface area contributed by atoms with Crippen molar-refractivity contribution in [3.63, 3.8) is 0 Å². The van der Waals surface area contributed by atoms with Crippen molar-refractivity contribution >= 4 is 34.6 Å². The lowest BCUT2D eigenvalue weighted by molar-refractivity contribution is -0.119. The van der Waals surface area contributed by atoms with E-state index in [1.807, 2.05) is 50.4 Å². The molecule has 8 nitrogen and oxygen atoms in total. The van der Waals surface area contributed by atoms with Crippen LogP contribution in [0.25, 0.3) is 0 Å². The maximum Gasteiger partial charge on any atom is 0.251 e. The summed E-state index contributed by atoms with van der Waals surface area (Å²) in [5.41, 5.74) is 4.41. The Morgan fingerprint density at radius 2 is 1.67 bits per heavy atom. The first kappa shape index (κ1) is 24.6. The number of amides is 2. The highest BCUT2D eigenvalue weighted by atomic mass is 16.5. The normalized spacial score (nSPS) is 21.9. The van der Waals surface area contributed by atoms with Crippen LogP contribution in [0.4, 0.5) is 22.7 Å². The van der Waals surface area contributed by atoms with Crippen LogP contribution in [-0.4, -0.2) is 75.2 Å². The lowest BCUT2D eigenvalue weighted by Crippen LogP contribution is -2.55. The molecular formula is C28H37N5O3. The summed E-state index contributed by atoms with van der Waals surface area (Å²) >= 11 is 0. The lowest BCUT2D eigenvalue weighted by Gasteiger charge is -2.45. The Labute approximate surface area is 213 Å². The summed E-state index contributed by atoms with van der Waals surface area (Å²) in [7, 11) is 3.96. The summed E-state index contributed by atoms with van der Waals surface area (Å²) in [5.74, 6) is 0.0799. The van der Waals surface area contributed by atoms with Gasteiger partial charge in [-0.25, -0.2) is 0 Å². The van der Waals surface area contributed by atoms with Gasteiger partial charge in [-0.15, -0.1) is 0 Å². The third-order valence-corrected chi connectivity index (χ3v) is 7.77. The molecule has 2 aromatic rings. The first-order chi connectivity index (χ1) is 17.4. The zero-order chi connectivity index (χ0) is 25.2. The Balaban J connectivity index is 1.35. The third-order valence-electron chi connectivity index (χ3n) is 7.77. The summed E-state index contributed by atoms with van der Waals surface area (Å²) in [4.78, 5) is 32.2. The number of anilines is 4. The number of hydrogen-bond donors (Lipinski definition) is 2. The van der Waals surface area contributed by atoms with Gasteiger partial charge in [0.05, 0.1) is 11.4 Å². The van der Waals surface area contributed by atoms with E-state index in [0.717, 1.165) is 74.7 Å². The molecule has 3 aliphatic heterocycles. The van der Waals surface area contributed by atoms with Gasteiger partial charge in [0.1, 0.15) is 6.04 Å². The van der Waals surface area contributed by atoms with Crippen LogP contribution in [-0.2, 0) is 9.53 Å². The number of piperidine rings is 1. The number of rotatable bonds is 5. The molecule has 0 aromatic heterocycles. The average molecular weight is 492 g/mol. The maximum atomic E-state index is 13.0. The van der Waals surface area contributed by atoms with Crippen molar-refractivity contribution < 1.29 is 14.3 Å². The van der Waals surface area contributed by atoms with E-state index in [4.69, 9.17) is 4.74 Å². The Morgan fingerprint density at radius 1 is 0.944 bits per heavy atom. The van der Waals surface area contributed by atoms with Crippen molar-refractivity contribution in [3.8, 4) is 0 Å². The number of nitrogens with one attached hydrogen (secondary N) is 2. The molecule has 0 saturated carbocycles.